The number of anilines is 1. The van der Waals surface area contributed by atoms with E-state index < -0.39 is 37.6 Å². The number of nitrogens with two attached hydrogens (primary N) is 1. The minimum Gasteiger partial charge on any atom is -0.870 e. The van der Waals surface area contributed by atoms with Gasteiger partial charge in [0, 0.05) is 5.69 Å². The summed E-state index contributed by atoms with van der Waals surface area (Å²) < 4.78 is 4.79. The van der Waals surface area contributed by atoms with Crippen LogP contribution in [-0.4, -0.2) is 149 Å². The van der Waals surface area contributed by atoms with Crippen molar-refractivity contribution in [3.05, 3.63) is 29.8 Å². The van der Waals surface area contributed by atoms with Crippen LogP contribution in [0.15, 0.2) is 24.3 Å². The average molecular weight is 484 g/mol. The Morgan fingerprint density at radius 1 is 0.871 bits per heavy atom. The van der Waals surface area contributed by atoms with Gasteiger partial charge < -0.3 is 68.5 Å². The van der Waals surface area contributed by atoms with Crippen LogP contribution >= 0.6 is 0 Å². The van der Waals surface area contributed by atoms with Crippen LogP contribution in [0.5, 0.6) is 0 Å². The fraction of sp³-hybridized carbons (Fsp3) is 0.533. The van der Waals surface area contributed by atoms with Crippen molar-refractivity contribution >= 4 is 52.1 Å². The molecule has 0 aliphatic carbocycles. The van der Waals surface area contributed by atoms with Gasteiger partial charge in [0.2, 0.25) is 0 Å². The van der Waals surface area contributed by atoms with Crippen molar-refractivity contribution in [2.45, 2.75) is 31.3 Å². The van der Waals surface area contributed by atoms with E-state index in [1.807, 2.05) is 0 Å². The molecule has 0 unspecified atom stereocenters. The third kappa shape index (κ3) is 21.0. The van der Waals surface area contributed by atoms with Crippen molar-refractivity contribution in [3.8, 4) is 0 Å². The Kier molecular flexibility index (Phi) is 49.5. The van der Waals surface area contributed by atoms with Crippen LogP contribution in [0.25, 0.3) is 0 Å². The van der Waals surface area contributed by atoms with Crippen LogP contribution in [-0.2, 0) is 4.74 Å². The summed E-state index contributed by atoms with van der Waals surface area (Å²) >= 11 is 0. The van der Waals surface area contributed by atoms with Crippen LogP contribution in [0.3, 0.4) is 0 Å². The number of carbonyl (C=O) groups is 1. The van der Waals surface area contributed by atoms with Crippen LogP contribution < -0.4 is 5.73 Å². The van der Waals surface area contributed by atoms with E-state index in [2.05, 4.69) is 0 Å². The van der Waals surface area contributed by atoms with Gasteiger partial charge >= 0.3 is 46.4 Å². The van der Waals surface area contributed by atoms with Crippen LogP contribution in [0, 0.1) is 0 Å². The van der Waals surface area contributed by atoms with Gasteiger partial charge in [0.25, 0.3) is 0 Å². The Hall–Kier alpha value is -0.651. The van der Waals surface area contributed by atoms with Crippen LogP contribution in [0.1, 0.15) is 17.3 Å². The minimum atomic E-state index is -1.67. The fourth-order valence-corrected chi connectivity index (χ4v) is 1.50. The zero-order chi connectivity index (χ0) is 18.7. The number of benzene rings is 1. The molecule has 1 aromatic rings. The second-order valence-corrected chi connectivity index (χ2v) is 4.82. The molecule has 31 heavy (non-hydrogen) atoms. The van der Waals surface area contributed by atoms with Gasteiger partial charge in [0.15, 0.2) is 0 Å². The second-order valence-electron chi connectivity index (χ2n) is 4.82. The average Bonchev–Trinajstić information content (AvgIpc) is 2.60. The van der Waals surface area contributed by atoms with Crippen molar-refractivity contribution in [3.63, 3.8) is 0 Å². The van der Waals surface area contributed by atoms with Crippen LogP contribution in [0.2, 0.25) is 0 Å². The smallest absolute Gasteiger partial charge is 0.870 e. The number of hydrogen-bond donors (Lipinski definition) is 7. The number of aliphatic hydroxyl groups is 6. The maximum Gasteiger partial charge on any atom is 3.00 e. The van der Waals surface area contributed by atoms with E-state index >= 15 is 0 Å². The molecule has 1 aromatic carbocycles. The van der Waals surface area contributed by atoms with Crippen molar-refractivity contribution in [1.29, 1.82) is 0 Å². The molecule has 0 saturated carbocycles. The number of ether oxygens (including phenoxy) is 1. The van der Waals surface area contributed by atoms with Crippen molar-refractivity contribution in [1.82, 2.24) is 0 Å². The Bertz CT molecular complexity index is 472. The summed E-state index contributed by atoms with van der Waals surface area (Å²) in [6, 6.07) is 6.64. The molecule has 0 aliphatic rings. The maximum atomic E-state index is 11.1. The largest absolute Gasteiger partial charge is 3.00 e. The molecule has 4 atom stereocenters. The van der Waals surface area contributed by atoms with Gasteiger partial charge in [-0.3, -0.25) is 0 Å². The number of aliphatic hydroxyl groups excluding tert-OH is 6. The minimum absolute atomic E-state index is 0. The van der Waals surface area contributed by atoms with E-state index in [-0.39, 0.29) is 73.8 Å². The quantitative estimate of drug-likeness (QED) is 0.111. The van der Waals surface area contributed by atoms with Gasteiger partial charge in [0.1, 0.15) is 24.4 Å². The second kappa shape index (κ2) is 29.3. The molecule has 14 nitrogen and oxygen atoms in total. The van der Waals surface area contributed by atoms with E-state index in [0.29, 0.717) is 17.9 Å². The number of rotatable bonds is 7. The summed E-state index contributed by atoms with van der Waals surface area (Å²) in [7, 11) is 0. The summed E-state index contributed by atoms with van der Waals surface area (Å²) in [5.41, 5.74) is 6.62. The molecular formula is C15H30AlMgNO13. The van der Waals surface area contributed by atoms with Gasteiger partial charge in [-0.1, -0.05) is 0 Å². The Balaban J connectivity index is -0.0000000464. The van der Waals surface area contributed by atoms with E-state index in [0.717, 1.165) is 0 Å². The van der Waals surface area contributed by atoms with Gasteiger partial charge in [0.05, 0.1) is 25.4 Å². The Morgan fingerprint density at radius 3 is 1.45 bits per heavy atom. The molecule has 0 radical (unpaired) electrons. The molecule has 0 spiro atoms. The number of hydrogen-bond acceptors (Lipinski definition) is 14. The van der Waals surface area contributed by atoms with Crippen molar-refractivity contribution < 1.29 is 67.6 Å². The molecule has 0 amide bonds. The molecule has 0 saturated heterocycles. The molecule has 0 fully saturated rings. The Morgan fingerprint density at radius 2 is 1.19 bits per heavy atom. The third-order valence-corrected chi connectivity index (χ3v) is 2.93. The zero-order valence-electron chi connectivity index (χ0n) is 16.8. The van der Waals surface area contributed by atoms with Crippen molar-refractivity contribution in [2.75, 3.05) is 25.6 Å². The first-order valence-electron chi connectivity index (χ1n) is 7.25. The number of nitrogen functional groups attached to an aromatic ring is 1. The molecule has 0 aromatic heterocycles. The normalized spacial score (nSPS) is 12.0. The van der Waals surface area contributed by atoms with E-state index in [4.69, 9.17) is 41.1 Å². The summed E-state index contributed by atoms with van der Waals surface area (Å²) in [6.45, 7) is 0.713. The molecule has 13 N–H and O–H groups in total. The topological polar surface area (TPSA) is 324 Å². The SMILES string of the molecule is CCOC(=O)c1ccc(N)cc1.OC[C@@H](O)[C@@H](O)[C@H](O)[C@@H](O)CO.[Al+3].[Mg+2].[OH-].[OH-].[OH-].[OH-].[OH-]. The van der Waals surface area contributed by atoms with E-state index in [1.54, 1.807) is 31.2 Å². The molecular weight excluding hydrogens is 453 g/mol. The van der Waals surface area contributed by atoms with E-state index in [9.17, 15) is 4.79 Å². The predicted molar refractivity (Wildman–Crippen MR) is 106 cm³/mol. The first kappa shape index (κ1) is 52.3. The van der Waals surface area contributed by atoms with Gasteiger partial charge in [-0.05, 0) is 31.2 Å². The molecule has 16 heteroatoms. The third-order valence-electron chi connectivity index (χ3n) is 2.93. The molecule has 0 bridgehead atoms. The summed E-state index contributed by atoms with van der Waals surface area (Å²) in [6.07, 6.45) is -6.39. The summed E-state index contributed by atoms with van der Waals surface area (Å²) in [5.74, 6) is -0.308. The monoisotopic (exact) mass is 483 g/mol. The summed E-state index contributed by atoms with van der Waals surface area (Å²) in [4.78, 5) is 11.1. The van der Waals surface area contributed by atoms with Gasteiger partial charge in [-0.2, -0.15) is 0 Å². The standard InChI is InChI=1S/C9H11NO2.C6H14O6.Al.Mg.5H2O/c1-2-12-9(11)7-3-5-8(10)6-4-7;7-1-3(9)5(11)6(12)4(10)2-8;;;;;;;/h3-6H,2,10H2,1H3;3-12H,1-2H2;;;5*1H2/q;;+3;+2;;;;;/p-5/t;3-,4+,5-,6-;;;;;;;/m.1......./s1. The predicted octanol–water partition coefficient (Wildman–Crippen LogP) is -3.79. The van der Waals surface area contributed by atoms with Crippen LogP contribution in [0.4, 0.5) is 5.69 Å². The molecule has 0 aliphatic heterocycles. The fourth-order valence-electron chi connectivity index (χ4n) is 1.50. The number of carbonyl (C=O) groups excluding carboxylic acids is 1. The van der Waals surface area contributed by atoms with E-state index in [1.165, 1.54) is 0 Å². The molecule has 1 rings (SSSR count). The maximum absolute atomic E-state index is 11.1. The molecule has 0 heterocycles. The first-order chi connectivity index (χ1) is 11.3. The first-order valence-corrected chi connectivity index (χ1v) is 7.25. The number of esters is 1. The van der Waals surface area contributed by atoms with Gasteiger partial charge in [-0.15, -0.1) is 0 Å². The zero-order valence-corrected chi connectivity index (χ0v) is 19.4. The Labute approximate surface area is 206 Å². The summed E-state index contributed by atoms with van der Waals surface area (Å²) in [5, 5.41) is 52.2. The molecule has 178 valence electrons. The van der Waals surface area contributed by atoms with Crippen molar-refractivity contribution in [2.24, 2.45) is 0 Å². The van der Waals surface area contributed by atoms with Gasteiger partial charge in [-0.25, -0.2) is 4.79 Å².